The first kappa shape index (κ1) is 18.6. The lowest BCUT2D eigenvalue weighted by molar-refractivity contribution is -0.385. The molecule has 0 aromatic heterocycles. The van der Waals surface area contributed by atoms with Gasteiger partial charge in [-0.1, -0.05) is 15.9 Å². The number of aryl methyl sites for hydroxylation is 2. The fraction of sp³-hybridized carbons (Fsp3) is 0.176. The fourth-order valence-electron chi connectivity index (χ4n) is 2.19. The molecule has 2 rings (SSSR count). The topological polar surface area (TPSA) is 101 Å². The van der Waals surface area contributed by atoms with Gasteiger partial charge in [-0.15, -0.1) is 0 Å². The number of carbonyl (C=O) groups excluding carboxylic acids is 2. The molecule has 0 aliphatic carbocycles. The number of nitrogens with zero attached hydrogens (tertiary/aromatic N) is 1. The lowest BCUT2D eigenvalue weighted by Crippen LogP contribution is -2.32. The number of carbonyl (C=O) groups is 2. The van der Waals surface area contributed by atoms with Crippen LogP contribution in [0.4, 0.5) is 11.4 Å². The second-order valence-electron chi connectivity index (χ2n) is 5.45. The molecule has 0 saturated carbocycles. The molecule has 0 bridgehead atoms. The SMILES string of the molecule is Cc1cc(NC(=O)CNC(=O)c2ccc([N+](=O)[O-])c(C)c2)ccc1Br. The lowest BCUT2D eigenvalue weighted by atomic mass is 10.1. The average Bonchev–Trinajstić information content (AvgIpc) is 2.55. The van der Waals surface area contributed by atoms with Crippen molar-refractivity contribution in [3.05, 3.63) is 67.7 Å². The van der Waals surface area contributed by atoms with E-state index >= 15 is 0 Å². The lowest BCUT2D eigenvalue weighted by Gasteiger charge is -2.09. The number of nitrogens with one attached hydrogen (secondary N) is 2. The van der Waals surface area contributed by atoms with Crippen LogP contribution < -0.4 is 10.6 Å². The number of benzene rings is 2. The second-order valence-corrected chi connectivity index (χ2v) is 6.31. The molecule has 0 atom stereocenters. The quantitative estimate of drug-likeness (QED) is 0.587. The van der Waals surface area contributed by atoms with Gasteiger partial charge >= 0.3 is 0 Å². The second kappa shape index (κ2) is 7.89. The summed E-state index contributed by atoms with van der Waals surface area (Å²) in [6.45, 7) is 3.25. The molecule has 25 heavy (non-hydrogen) atoms. The first-order chi connectivity index (χ1) is 11.8. The van der Waals surface area contributed by atoms with Gasteiger partial charge in [0.1, 0.15) is 0 Å². The number of nitro benzene ring substituents is 1. The number of anilines is 1. The molecule has 0 saturated heterocycles. The molecule has 0 aliphatic heterocycles. The Hall–Kier alpha value is -2.74. The number of nitro groups is 1. The van der Waals surface area contributed by atoms with Gasteiger partial charge in [-0.3, -0.25) is 19.7 Å². The normalized spacial score (nSPS) is 10.2. The molecule has 0 radical (unpaired) electrons. The molecular weight excluding hydrogens is 390 g/mol. The van der Waals surface area contributed by atoms with E-state index in [2.05, 4.69) is 26.6 Å². The average molecular weight is 406 g/mol. The Balaban J connectivity index is 1.95. The number of amides is 2. The summed E-state index contributed by atoms with van der Waals surface area (Å²) >= 11 is 3.38. The van der Waals surface area contributed by atoms with E-state index in [1.807, 2.05) is 19.1 Å². The Morgan fingerprint density at radius 3 is 2.44 bits per heavy atom. The van der Waals surface area contributed by atoms with Crippen LogP contribution in [0, 0.1) is 24.0 Å². The molecule has 0 fully saturated rings. The number of hydrogen-bond donors (Lipinski definition) is 2. The summed E-state index contributed by atoms with van der Waals surface area (Å²) in [5.74, 6) is -0.839. The molecule has 7 nitrogen and oxygen atoms in total. The van der Waals surface area contributed by atoms with Crippen molar-refractivity contribution in [2.45, 2.75) is 13.8 Å². The molecule has 0 spiro atoms. The first-order valence-electron chi connectivity index (χ1n) is 7.37. The van der Waals surface area contributed by atoms with Gasteiger partial charge in [0.05, 0.1) is 11.5 Å². The first-order valence-corrected chi connectivity index (χ1v) is 8.16. The Morgan fingerprint density at radius 2 is 1.84 bits per heavy atom. The smallest absolute Gasteiger partial charge is 0.272 e. The third kappa shape index (κ3) is 4.87. The van der Waals surface area contributed by atoms with Gasteiger partial charge in [0.2, 0.25) is 5.91 Å². The van der Waals surface area contributed by atoms with E-state index in [0.717, 1.165) is 10.0 Å². The number of hydrogen-bond acceptors (Lipinski definition) is 4. The summed E-state index contributed by atoms with van der Waals surface area (Å²) in [6.07, 6.45) is 0. The molecule has 0 aliphatic rings. The van der Waals surface area contributed by atoms with Gasteiger partial charge < -0.3 is 10.6 Å². The molecule has 2 aromatic rings. The third-order valence-corrected chi connectivity index (χ3v) is 4.40. The standard InChI is InChI=1S/C17H16BrN3O4/c1-10-8-13(4-5-14(10)18)20-16(22)9-19-17(23)12-3-6-15(21(24)25)11(2)7-12/h3-8H,9H2,1-2H3,(H,19,23)(H,20,22). The van der Waals surface area contributed by atoms with Gasteiger partial charge in [0.15, 0.2) is 0 Å². The van der Waals surface area contributed by atoms with Crippen molar-refractivity contribution in [3.63, 3.8) is 0 Å². The van der Waals surface area contributed by atoms with Gasteiger partial charge in [-0.2, -0.15) is 0 Å². The van der Waals surface area contributed by atoms with Crippen molar-refractivity contribution >= 4 is 39.1 Å². The zero-order valence-electron chi connectivity index (χ0n) is 13.6. The van der Waals surface area contributed by atoms with Crippen LogP contribution in [0.3, 0.4) is 0 Å². The Labute approximate surface area is 152 Å². The Morgan fingerprint density at radius 1 is 1.12 bits per heavy atom. The summed E-state index contributed by atoms with van der Waals surface area (Å²) in [5, 5.41) is 16.0. The zero-order chi connectivity index (χ0) is 18.6. The van der Waals surface area contributed by atoms with E-state index < -0.39 is 10.8 Å². The van der Waals surface area contributed by atoms with Crippen molar-refractivity contribution in [2.75, 3.05) is 11.9 Å². The van der Waals surface area contributed by atoms with Crippen molar-refractivity contribution < 1.29 is 14.5 Å². The molecular formula is C17H16BrN3O4. The van der Waals surface area contributed by atoms with E-state index in [0.29, 0.717) is 11.3 Å². The summed E-state index contributed by atoms with van der Waals surface area (Å²) in [4.78, 5) is 34.3. The van der Waals surface area contributed by atoms with Gasteiger partial charge in [0.25, 0.3) is 11.6 Å². The van der Waals surface area contributed by atoms with E-state index in [4.69, 9.17) is 0 Å². The van der Waals surface area contributed by atoms with Crippen LogP contribution in [0.2, 0.25) is 0 Å². The highest BCUT2D eigenvalue weighted by molar-refractivity contribution is 9.10. The maximum absolute atomic E-state index is 12.1. The highest BCUT2D eigenvalue weighted by Gasteiger charge is 2.14. The van der Waals surface area contributed by atoms with Crippen LogP contribution in [-0.4, -0.2) is 23.3 Å². The van der Waals surface area contributed by atoms with E-state index in [1.165, 1.54) is 18.2 Å². The maximum atomic E-state index is 12.1. The number of rotatable bonds is 5. The van der Waals surface area contributed by atoms with Crippen LogP contribution in [0.5, 0.6) is 0 Å². The largest absolute Gasteiger partial charge is 0.343 e. The predicted octanol–water partition coefficient (Wildman–Crippen LogP) is 3.34. The summed E-state index contributed by atoms with van der Waals surface area (Å²) in [5.41, 5.74) is 2.19. The molecule has 0 unspecified atom stereocenters. The molecule has 2 N–H and O–H groups in total. The highest BCUT2D eigenvalue weighted by atomic mass is 79.9. The summed E-state index contributed by atoms with van der Waals surface area (Å²) in [7, 11) is 0. The van der Waals surface area contributed by atoms with Crippen LogP contribution in [0.1, 0.15) is 21.5 Å². The van der Waals surface area contributed by atoms with Crippen molar-refractivity contribution in [2.24, 2.45) is 0 Å². The monoisotopic (exact) mass is 405 g/mol. The fourth-order valence-corrected chi connectivity index (χ4v) is 2.44. The molecule has 2 amide bonds. The summed E-state index contributed by atoms with van der Waals surface area (Å²) < 4.78 is 0.937. The minimum Gasteiger partial charge on any atom is -0.343 e. The third-order valence-electron chi connectivity index (χ3n) is 3.51. The van der Waals surface area contributed by atoms with Crippen molar-refractivity contribution in [3.8, 4) is 0 Å². The maximum Gasteiger partial charge on any atom is 0.272 e. The Bertz CT molecular complexity index is 852. The van der Waals surface area contributed by atoms with Crippen LogP contribution in [0.25, 0.3) is 0 Å². The molecule has 2 aromatic carbocycles. The van der Waals surface area contributed by atoms with Crippen molar-refractivity contribution in [1.82, 2.24) is 5.32 Å². The summed E-state index contributed by atoms with van der Waals surface area (Å²) in [6, 6.07) is 9.43. The van der Waals surface area contributed by atoms with Gasteiger partial charge in [-0.25, -0.2) is 0 Å². The minimum atomic E-state index is -0.509. The van der Waals surface area contributed by atoms with E-state index in [1.54, 1.807) is 13.0 Å². The zero-order valence-corrected chi connectivity index (χ0v) is 15.2. The van der Waals surface area contributed by atoms with Crippen molar-refractivity contribution in [1.29, 1.82) is 0 Å². The van der Waals surface area contributed by atoms with Crippen LogP contribution in [-0.2, 0) is 4.79 Å². The van der Waals surface area contributed by atoms with Crippen LogP contribution in [0.15, 0.2) is 40.9 Å². The van der Waals surface area contributed by atoms with E-state index in [9.17, 15) is 19.7 Å². The predicted molar refractivity (Wildman–Crippen MR) is 97.7 cm³/mol. The molecule has 8 heteroatoms. The molecule has 0 heterocycles. The van der Waals surface area contributed by atoms with Crippen LogP contribution >= 0.6 is 15.9 Å². The Kier molecular flexibility index (Phi) is 5.87. The number of halogens is 1. The minimum absolute atomic E-state index is 0.0556. The van der Waals surface area contributed by atoms with Gasteiger partial charge in [-0.05, 0) is 49.7 Å². The van der Waals surface area contributed by atoms with E-state index in [-0.39, 0.29) is 23.7 Å². The molecule has 130 valence electrons. The van der Waals surface area contributed by atoms with Gasteiger partial charge in [0, 0.05) is 27.4 Å². The highest BCUT2D eigenvalue weighted by Crippen LogP contribution is 2.20.